The highest BCUT2D eigenvalue weighted by molar-refractivity contribution is 5.64. The molecule has 1 aliphatic rings. The average molecular weight is 270 g/mol. The van der Waals surface area contributed by atoms with E-state index in [9.17, 15) is 5.26 Å². The molecule has 0 heterocycles. The van der Waals surface area contributed by atoms with Gasteiger partial charge in [0, 0.05) is 12.6 Å². The minimum atomic E-state index is 0.627. The van der Waals surface area contributed by atoms with Crippen molar-refractivity contribution in [2.75, 3.05) is 11.4 Å². The second-order valence-corrected chi connectivity index (χ2v) is 6.40. The van der Waals surface area contributed by atoms with Gasteiger partial charge in [-0.1, -0.05) is 38.8 Å². The molecule has 1 aromatic rings. The number of nitriles is 1. The second kappa shape index (κ2) is 6.79. The third-order valence-electron chi connectivity index (χ3n) is 4.36. The monoisotopic (exact) mass is 270 g/mol. The zero-order valence-corrected chi connectivity index (χ0v) is 13.0. The molecule has 0 amide bonds. The summed E-state index contributed by atoms with van der Waals surface area (Å²) in [5.41, 5.74) is 3.25. The van der Waals surface area contributed by atoms with Crippen molar-refractivity contribution in [1.29, 1.82) is 5.26 Å². The van der Waals surface area contributed by atoms with Crippen LogP contribution in [0.25, 0.3) is 0 Å². The van der Waals surface area contributed by atoms with Gasteiger partial charge < -0.3 is 4.90 Å². The Labute approximate surface area is 123 Å². The van der Waals surface area contributed by atoms with E-state index in [1.54, 1.807) is 0 Å². The molecule has 1 aromatic carbocycles. The average Bonchev–Trinajstić information content (AvgIpc) is 2.94. The van der Waals surface area contributed by atoms with E-state index in [1.165, 1.54) is 43.4 Å². The van der Waals surface area contributed by atoms with E-state index >= 15 is 0 Å². The van der Waals surface area contributed by atoms with Crippen LogP contribution in [0.5, 0.6) is 0 Å². The van der Waals surface area contributed by atoms with Crippen molar-refractivity contribution in [2.45, 2.75) is 58.9 Å². The molecule has 2 nitrogen and oxygen atoms in total. The largest absolute Gasteiger partial charge is 0.367 e. The van der Waals surface area contributed by atoms with Crippen LogP contribution in [0, 0.1) is 24.2 Å². The Morgan fingerprint density at radius 2 is 2.00 bits per heavy atom. The molecule has 108 valence electrons. The molecular formula is C18H26N2. The summed E-state index contributed by atoms with van der Waals surface area (Å²) in [6, 6.07) is 9.10. The summed E-state index contributed by atoms with van der Waals surface area (Å²) >= 11 is 0. The van der Waals surface area contributed by atoms with Gasteiger partial charge in [-0.15, -0.1) is 0 Å². The predicted octanol–water partition coefficient (Wildman–Crippen LogP) is 4.66. The summed E-state index contributed by atoms with van der Waals surface area (Å²) in [5.74, 6) is 0.702. The molecule has 1 aliphatic carbocycles. The summed E-state index contributed by atoms with van der Waals surface area (Å²) in [4.78, 5) is 2.53. The van der Waals surface area contributed by atoms with Crippen molar-refractivity contribution in [3.63, 3.8) is 0 Å². The summed E-state index contributed by atoms with van der Waals surface area (Å²) in [6.07, 6.45) is 6.40. The second-order valence-electron chi connectivity index (χ2n) is 6.40. The molecule has 0 aromatic heterocycles. The van der Waals surface area contributed by atoms with E-state index in [-0.39, 0.29) is 0 Å². The summed E-state index contributed by atoms with van der Waals surface area (Å²) < 4.78 is 0. The Bertz CT molecular complexity index is 479. The Morgan fingerprint density at radius 1 is 1.30 bits per heavy atom. The zero-order chi connectivity index (χ0) is 14.5. The van der Waals surface area contributed by atoms with Crippen LogP contribution in [0.3, 0.4) is 0 Å². The van der Waals surface area contributed by atoms with Crippen molar-refractivity contribution in [2.24, 2.45) is 5.92 Å². The fraction of sp³-hybridized carbons (Fsp3) is 0.611. The van der Waals surface area contributed by atoms with E-state index in [0.717, 1.165) is 12.1 Å². The van der Waals surface area contributed by atoms with Gasteiger partial charge in [0.2, 0.25) is 0 Å². The highest BCUT2D eigenvalue weighted by atomic mass is 15.2. The van der Waals surface area contributed by atoms with Gasteiger partial charge in [-0.05, 0) is 43.7 Å². The van der Waals surface area contributed by atoms with Crippen LogP contribution < -0.4 is 4.90 Å². The molecule has 0 atom stereocenters. The van der Waals surface area contributed by atoms with Crippen LogP contribution in [0.4, 0.5) is 5.69 Å². The van der Waals surface area contributed by atoms with Crippen LogP contribution in [-0.4, -0.2) is 12.6 Å². The van der Waals surface area contributed by atoms with Gasteiger partial charge in [-0.3, -0.25) is 0 Å². The zero-order valence-electron chi connectivity index (χ0n) is 13.0. The van der Waals surface area contributed by atoms with Crippen molar-refractivity contribution in [3.8, 4) is 6.07 Å². The molecule has 0 radical (unpaired) electrons. The lowest BCUT2D eigenvalue weighted by atomic mass is 10.0. The Hall–Kier alpha value is -1.49. The minimum absolute atomic E-state index is 0.627. The lowest BCUT2D eigenvalue weighted by Gasteiger charge is -2.33. The normalized spacial score (nSPS) is 15.6. The van der Waals surface area contributed by atoms with Crippen LogP contribution in [0.2, 0.25) is 0 Å². The van der Waals surface area contributed by atoms with Gasteiger partial charge >= 0.3 is 0 Å². The van der Waals surface area contributed by atoms with Crippen LogP contribution >= 0.6 is 0 Å². The third kappa shape index (κ3) is 3.33. The Kier molecular flexibility index (Phi) is 5.06. The van der Waals surface area contributed by atoms with Crippen LogP contribution in [0.15, 0.2) is 18.2 Å². The Morgan fingerprint density at radius 3 is 2.60 bits per heavy atom. The predicted molar refractivity (Wildman–Crippen MR) is 85.0 cm³/mol. The number of anilines is 1. The van der Waals surface area contributed by atoms with Gasteiger partial charge in [0.05, 0.1) is 11.3 Å². The van der Waals surface area contributed by atoms with Gasteiger partial charge in [0.15, 0.2) is 0 Å². The highest BCUT2D eigenvalue weighted by Crippen LogP contribution is 2.33. The molecule has 0 unspecified atom stereocenters. The quantitative estimate of drug-likeness (QED) is 0.778. The van der Waals surface area contributed by atoms with Gasteiger partial charge in [0.1, 0.15) is 6.07 Å². The third-order valence-corrected chi connectivity index (χ3v) is 4.36. The van der Waals surface area contributed by atoms with E-state index in [1.807, 2.05) is 12.1 Å². The minimum Gasteiger partial charge on any atom is -0.367 e. The van der Waals surface area contributed by atoms with Crippen molar-refractivity contribution in [3.05, 3.63) is 29.3 Å². The first-order valence-electron chi connectivity index (χ1n) is 7.90. The SMILES string of the molecule is Cc1cccc(C#N)c1N(CCC(C)C)C1CCCC1. The number of nitrogens with zero attached hydrogens (tertiary/aromatic N) is 2. The smallest absolute Gasteiger partial charge is 0.101 e. The van der Waals surface area contributed by atoms with E-state index in [4.69, 9.17) is 0 Å². The van der Waals surface area contributed by atoms with Crippen molar-refractivity contribution >= 4 is 5.69 Å². The first-order chi connectivity index (χ1) is 9.63. The molecular weight excluding hydrogens is 244 g/mol. The molecule has 20 heavy (non-hydrogen) atoms. The first kappa shape index (κ1) is 14.9. The van der Waals surface area contributed by atoms with Gasteiger partial charge in [0.25, 0.3) is 0 Å². The number of hydrogen-bond acceptors (Lipinski definition) is 2. The van der Waals surface area contributed by atoms with Gasteiger partial charge in [-0.2, -0.15) is 5.26 Å². The number of rotatable bonds is 5. The fourth-order valence-corrected chi connectivity index (χ4v) is 3.22. The molecule has 2 rings (SSSR count). The number of aryl methyl sites for hydroxylation is 1. The highest BCUT2D eigenvalue weighted by Gasteiger charge is 2.25. The van der Waals surface area contributed by atoms with Gasteiger partial charge in [-0.25, -0.2) is 0 Å². The van der Waals surface area contributed by atoms with Crippen molar-refractivity contribution in [1.82, 2.24) is 0 Å². The number of para-hydroxylation sites is 1. The molecule has 0 bridgehead atoms. The maximum Gasteiger partial charge on any atom is 0.101 e. The summed E-state index contributed by atoms with van der Waals surface area (Å²) in [6.45, 7) is 7.75. The Balaban J connectivity index is 2.32. The molecule has 0 saturated heterocycles. The molecule has 2 heteroatoms. The maximum atomic E-state index is 9.44. The number of benzene rings is 1. The number of hydrogen-bond donors (Lipinski definition) is 0. The van der Waals surface area contributed by atoms with E-state index in [0.29, 0.717) is 12.0 Å². The standard InChI is InChI=1S/C18H26N2/c1-14(2)11-12-20(17-9-4-5-10-17)18-15(3)7-6-8-16(18)13-19/h6-8,14,17H,4-5,9-12H2,1-3H3. The lowest BCUT2D eigenvalue weighted by Crippen LogP contribution is -2.35. The molecule has 1 fully saturated rings. The van der Waals surface area contributed by atoms with Crippen molar-refractivity contribution < 1.29 is 0 Å². The molecule has 0 spiro atoms. The summed E-state index contributed by atoms with van der Waals surface area (Å²) in [5, 5.41) is 9.44. The molecule has 0 aliphatic heterocycles. The van der Waals surface area contributed by atoms with E-state index < -0.39 is 0 Å². The van der Waals surface area contributed by atoms with Crippen LogP contribution in [0.1, 0.15) is 57.1 Å². The molecule has 1 saturated carbocycles. The maximum absolute atomic E-state index is 9.44. The topological polar surface area (TPSA) is 27.0 Å². The van der Waals surface area contributed by atoms with Crippen LogP contribution in [-0.2, 0) is 0 Å². The van der Waals surface area contributed by atoms with E-state index in [2.05, 4.69) is 37.8 Å². The molecule has 0 N–H and O–H groups in total. The summed E-state index contributed by atoms with van der Waals surface area (Å²) in [7, 11) is 0. The lowest BCUT2D eigenvalue weighted by molar-refractivity contribution is 0.527. The first-order valence-corrected chi connectivity index (χ1v) is 7.90. The fourth-order valence-electron chi connectivity index (χ4n) is 3.22.